The number of anilines is 1. The van der Waals surface area contributed by atoms with Gasteiger partial charge in [0.05, 0.1) is 0 Å². The Morgan fingerprint density at radius 3 is 2.46 bits per heavy atom. The molecule has 0 aromatic heterocycles. The van der Waals surface area contributed by atoms with Crippen LogP contribution in [0.1, 0.15) is 44.1 Å². The molecule has 4 nitrogen and oxygen atoms in total. The van der Waals surface area contributed by atoms with Gasteiger partial charge < -0.3 is 10.6 Å². The molecule has 2 N–H and O–H groups in total. The lowest BCUT2D eigenvalue weighted by atomic mass is 9.86. The summed E-state index contributed by atoms with van der Waals surface area (Å²) in [7, 11) is 0. The number of carbonyl (C=O) groups is 1. The molecule has 134 valence electrons. The van der Waals surface area contributed by atoms with Crippen molar-refractivity contribution in [2.45, 2.75) is 45.1 Å². The molecule has 0 spiro atoms. The van der Waals surface area contributed by atoms with Gasteiger partial charge >= 0.3 is 0 Å². The minimum Gasteiger partial charge on any atom is -0.399 e. The van der Waals surface area contributed by atoms with Crippen LogP contribution in [0.3, 0.4) is 0 Å². The molecule has 1 amide bonds. The van der Waals surface area contributed by atoms with Gasteiger partial charge in [0.25, 0.3) is 0 Å². The van der Waals surface area contributed by atoms with Crippen molar-refractivity contribution in [3.05, 3.63) is 29.8 Å². The van der Waals surface area contributed by atoms with Gasteiger partial charge in [-0.1, -0.05) is 31.4 Å². The molecule has 3 rings (SSSR count). The molecular weight excluding hydrogens is 322 g/mol. The second-order valence-electron chi connectivity index (χ2n) is 7.11. The van der Waals surface area contributed by atoms with Gasteiger partial charge in [0.15, 0.2) is 0 Å². The maximum atomic E-state index is 12.5. The number of nitrogens with zero attached hydrogens (tertiary/aromatic N) is 2. The van der Waals surface area contributed by atoms with Crippen molar-refractivity contribution in [1.82, 2.24) is 9.80 Å². The zero-order chi connectivity index (χ0) is 16.1. The van der Waals surface area contributed by atoms with E-state index in [1.165, 1.54) is 37.7 Å². The number of rotatable bonds is 4. The van der Waals surface area contributed by atoms with Gasteiger partial charge in [-0.2, -0.15) is 0 Å². The molecule has 1 aliphatic heterocycles. The van der Waals surface area contributed by atoms with Crippen molar-refractivity contribution in [3.8, 4) is 0 Å². The summed E-state index contributed by atoms with van der Waals surface area (Å²) in [6.45, 7) is 4.59. The smallest absolute Gasteiger partial charge is 0.222 e. The molecule has 2 aliphatic rings. The highest BCUT2D eigenvalue weighted by molar-refractivity contribution is 5.85. The molecule has 24 heavy (non-hydrogen) atoms. The van der Waals surface area contributed by atoms with E-state index in [1.807, 2.05) is 18.2 Å². The van der Waals surface area contributed by atoms with E-state index in [2.05, 4.69) is 15.9 Å². The van der Waals surface area contributed by atoms with Gasteiger partial charge in [0.1, 0.15) is 0 Å². The molecule has 1 aromatic rings. The predicted octanol–water partition coefficient (Wildman–Crippen LogP) is 3.31. The Bertz CT molecular complexity index is 523. The van der Waals surface area contributed by atoms with E-state index in [1.54, 1.807) is 0 Å². The number of hydrogen-bond acceptors (Lipinski definition) is 3. The highest BCUT2D eigenvalue weighted by Gasteiger charge is 2.24. The standard InChI is InChI=1S/C19H29N3O.ClH/c20-18-8-4-7-17(13-18)15-21-9-11-22(12-10-21)19(23)14-16-5-2-1-3-6-16;/h4,7-8,13,16H,1-3,5-6,9-12,14-15,20H2;1H. The number of nitrogens with two attached hydrogens (primary N) is 1. The van der Waals surface area contributed by atoms with Crippen LogP contribution in [-0.2, 0) is 11.3 Å². The van der Waals surface area contributed by atoms with Crippen molar-refractivity contribution in [2.24, 2.45) is 5.92 Å². The SMILES string of the molecule is Cl.Nc1cccc(CN2CCN(C(=O)CC3CCCCC3)CC2)c1. The molecule has 0 atom stereocenters. The van der Waals surface area contributed by atoms with Crippen LogP contribution >= 0.6 is 12.4 Å². The van der Waals surface area contributed by atoms with E-state index in [9.17, 15) is 4.79 Å². The Morgan fingerprint density at radius 1 is 1.08 bits per heavy atom. The van der Waals surface area contributed by atoms with Crippen LogP contribution in [0, 0.1) is 5.92 Å². The van der Waals surface area contributed by atoms with Crippen LogP contribution in [0.4, 0.5) is 5.69 Å². The quantitative estimate of drug-likeness (QED) is 0.847. The fraction of sp³-hybridized carbons (Fsp3) is 0.632. The first-order valence-electron chi connectivity index (χ1n) is 9.05. The summed E-state index contributed by atoms with van der Waals surface area (Å²) in [6.07, 6.45) is 7.25. The third-order valence-corrected chi connectivity index (χ3v) is 5.27. The topological polar surface area (TPSA) is 49.6 Å². The minimum absolute atomic E-state index is 0. The summed E-state index contributed by atoms with van der Waals surface area (Å²) < 4.78 is 0. The van der Waals surface area contributed by atoms with Crippen LogP contribution in [-0.4, -0.2) is 41.9 Å². The third-order valence-electron chi connectivity index (χ3n) is 5.27. The Balaban J connectivity index is 0.00000208. The zero-order valence-corrected chi connectivity index (χ0v) is 15.3. The van der Waals surface area contributed by atoms with Crippen molar-refractivity contribution in [3.63, 3.8) is 0 Å². The van der Waals surface area contributed by atoms with E-state index in [4.69, 9.17) is 5.73 Å². The van der Waals surface area contributed by atoms with Crippen molar-refractivity contribution >= 4 is 24.0 Å². The van der Waals surface area contributed by atoms with Crippen LogP contribution in [0.2, 0.25) is 0 Å². The maximum absolute atomic E-state index is 12.5. The number of carbonyl (C=O) groups excluding carboxylic acids is 1. The summed E-state index contributed by atoms with van der Waals surface area (Å²) >= 11 is 0. The molecule has 2 fully saturated rings. The number of amides is 1. The third kappa shape index (κ3) is 5.38. The maximum Gasteiger partial charge on any atom is 0.222 e. The predicted molar refractivity (Wildman–Crippen MR) is 101 cm³/mol. The summed E-state index contributed by atoms with van der Waals surface area (Å²) in [6, 6.07) is 8.09. The number of piperazine rings is 1. The first-order chi connectivity index (χ1) is 11.2. The summed E-state index contributed by atoms with van der Waals surface area (Å²) in [5.41, 5.74) is 7.92. The number of nitrogen functional groups attached to an aromatic ring is 1. The highest BCUT2D eigenvalue weighted by Crippen LogP contribution is 2.27. The lowest BCUT2D eigenvalue weighted by molar-refractivity contribution is -0.134. The molecule has 1 aromatic carbocycles. The van der Waals surface area contributed by atoms with E-state index in [0.717, 1.165) is 44.8 Å². The second kappa shape index (κ2) is 9.28. The molecule has 1 heterocycles. The van der Waals surface area contributed by atoms with Gasteiger partial charge in [-0.25, -0.2) is 0 Å². The highest BCUT2D eigenvalue weighted by atomic mass is 35.5. The summed E-state index contributed by atoms with van der Waals surface area (Å²) in [5.74, 6) is 1.02. The Hall–Kier alpha value is -1.26. The molecular formula is C19H30ClN3O. The normalized spacial score (nSPS) is 19.8. The molecule has 0 bridgehead atoms. The monoisotopic (exact) mass is 351 g/mol. The largest absolute Gasteiger partial charge is 0.399 e. The van der Waals surface area contributed by atoms with Gasteiger partial charge in [0, 0.05) is 44.8 Å². The number of halogens is 1. The van der Waals surface area contributed by atoms with Crippen LogP contribution < -0.4 is 5.73 Å². The van der Waals surface area contributed by atoms with Crippen LogP contribution in [0.25, 0.3) is 0 Å². The number of hydrogen-bond donors (Lipinski definition) is 1. The van der Waals surface area contributed by atoms with Crippen LogP contribution in [0.15, 0.2) is 24.3 Å². The van der Waals surface area contributed by atoms with Gasteiger partial charge in [-0.15, -0.1) is 12.4 Å². The molecule has 1 saturated heterocycles. The van der Waals surface area contributed by atoms with Gasteiger partial charge in [-0.3, -0.25) is 9.69 Å². The Labute approximate surface area is 151 Å². The summed E-state index contributed by atoms with van der Waals surface area (Å²) in [4.78, 5) is 17.0. The van der Waals surface area contributed by atoms with Crippen LogP contribution in [0.5, 0.6) is 0 Å². The fourth-order valence-electron chi connectivity index (χ4n) is 3.87. The van der Waals surface area contributed by atoms with Crippen molar-refractivity contribution in [1.29, 1.82) is 0 Å². The average Bonchev–Trinajstić information content (AvgIpc) is 2.56. The number of benzene rings is 1. The molecule has 0 unspecified atom stereocenters. The van der Waals surface area contributed by atoms with E-state index >= 15 is 0 Å². The lowest BCUT2D eigenvalue weighted by Crippen LogP contribution is -2.48. The van der Waals surface area contributed by atoms with Gasteiger partial charge in [0.2, 0.25) is 5.91 Å². The fourth-order valence-corrected chi connectivity index (χ4v) is 3.87. The molecule has 5 heteroatoms. The molecule has 1 aliphatic carbocycles. The average molecular weight is 352 g/mol. The van der Waals surface area contributed by atoms with Crippen molar-refractivity contribution in [2.75, 3.05) is 31.9 Å². The Kier molecular flexibility index (Phi) is 7.38. The van der Waals surface area contributed by atoms with E-state index in [0.29, 0.717) is 11.8 Å². The van der Waals surface area contributed by atoms with E-state index < -0.39 is 0 Å². The first-order valence-corrected chi connectivity index (χ1v) is 9.05. The zero-order valence-electron chi connectivity index (χ0n) is 14.5. The van der Waals surface area contributed by atoms with E-state index in [-0.39, 0.29) is 12.4 Å². The minimum atomic E-state index is 0. The lowest BCUT2D eigenvalue weighted by Gasteiger charge is -2.35. The molecule has 0 radical (unpaired) electrons. The second-order valence-corrected chi connectivity index (χ2v) is 7.11. The Morgan fingerprint density at radius 2 is 1.79 bits per heavy atom. The summed E-state index contributed by atoms with van der Waals surface area (Å²) in [5, 5.41) is 0. The molecule has 1 saturated carbocycles. The van der Waals surface area contributed by atoms with Gasteiger partial charge in [-0.05, 0) is 36.5 Å². The van der Waals surface area contributed by atoms with Crippen molar-refractivity contribution < 1.29 is 4.79 Å². The first kappa shape index (κ1) is 19.1.